The number of amides is 1. The van der Waals surface area contributed by atoms with Crippen molar-refractivity contribution in [3.63, 3.8) is 0 Å². The number of anilines is 1. The molecule has 0 unspecified atom stereocenters. The Morgan fingerprint density at radius 3 is 2.45 bits per heavy atom. The number of thiol groups is 1. The summed E-state index contributed by atoms with van der Waals surface area (Å²) in [5.41, 5.74) is 2.11. The Morgan fingerprint density at radius 2 is 1.79 bits per heavy atom. The molecule has 0 aromatic heterocycles. The van der Waals surface area contributed by atoms with Crippen molar-refractivity contribution in [1.29, 1.82) is 0 Å². The lowest BCUT2D eigenvalue weighted by Crippen LogP contribution is -2.46. The summed E-state index contributed by atoms with van der Waals surface area (Å²) in [5.74, 6) is 0.735. The van der Waals surface area contributed by atoms with Gasteiger partial charge in [-0.1, -0.05) is 42.4 Å². The topological polar surface area (TPSA) is 36.0 Å². The summed E-state index contributed by atoms with van der Waals surface area (Å²) in [6, 6.07) is 15.6. The molecule has 1 fully saturated rings. The van der Waals surface area contributed by atoms with E-state index < -0.39 is 0 Å². The molecule has 0 aliphatic carbocycles. The molecule has 1 aliphatic rings. The van der Waals surface area contributed by atoms with Gasteiger partial charge in [0.05, 0.1) is 7.11 Å². The van der Waals surface area contributed by atoms with Crippen LogP contribution in [0.3, 0.4) is 0 Å². The highest BCUT2D eigenvalue weighted by atomic mass is 35.5. The molecule has 3 rings (SSSR count). The molecule has 1 heterocycles. The van der Waals surface area contributed by atoms with Gasteiger partial charge in [-0.3, -0.25) is 9.69 Å². The van der Waals surface area contributed by atoms with E-state index in [-0.39, 0.29) is 5.24 Å². The molecule has 7 heteroatoms. The Labute approximate surface area is 183 Å². The van der Waals surface area contributed by atoms with Crippen molar-refractivity contribution in [3.8, 4) is 5.75 Å². The standard InChI is InChI=1S/C22H28ClN3O2S/c1-28-21-5-2-4-20(16-21)26(22(27)29)11-3-10-24-12-14-25(15-13-24)17-18-6-8-19(23)9-7-18/h2,4-9,16H,3,10-15,17H2,1H3,(H,27,29). The van der Waals surface area contributed by atoms with Crippen LogP contribution in [0.4, 0.5) is 10.5 Å². The van der Waals surface area contributed by atoms with Crippen LogP contribution in [0, 0.1) is 0 Å². The highest BCUT2D eigenvalue weighted by Gasteiger charge is 2.18. The summed E-state index contributed by atoms with van der Waals surface area (Å²) < 4.78 is 5.26. The van der Waals surface area contributed by atoms with Gasteiger partial charge in [-0.2, -0.15) is 0 Å². The molecule has 2 aromatic carbocycles. The molecule has 0 bridgehead atoms. The fourth-order valence-electron chi connectivity index (χ4n) is 3.59. The molecule has 1 amide bonds. The molecular formula is C22H28ClN3O2S. The van der Waals surface area contributed by atoms with Gasteiger partial charge < -0.3 is 14.5 Å². The van der Waals surface area contributed by atoms with Gasteiger partial charge in [-0.05, 0) is 42.8 Å². The third-order valence-corrected chi connectivity index (χ3v) is 5.73. The number of hydrogen-bond donors (Lipinski definition) is 1. The van der Waals surface area contributed by atoms with Crippen LogP contribution in [-0.4, -0.2) is 61.4 Å². The smallest absolute Gasteiger partial charge is 0.282 e. The molecule has 1 saturated heterocycles. The van der Waals surface area contributed by atoms with Crippen LogP contribution >= 0.6 is 24.2 Å². The minimum absolute atomic E-state index is 0.244. The molecule has 29 heavy (non-hydrogen) atoms. The Balaban J connectivity index is 1.43. The van der Waals surface area contributed by atoms with E-state index in [4.69, 9.17) is 16.3 Å². The number of carbonyl (C=O) groups excluding carboxylic acids is 1. The summed E-state index contributed by atoms with van der Waals surface area (Å²) in [4.78, 5) is 18.6. The predicted molar refractivity (Wildman–Crippen MR) is 123 cm³/mol. The van der Waals surface area contributed by atoms with Crippen LogP contribution < -0.4 is 9.64 Å². The first kappa shape index (κ1) is 22.0. The van der Waals surface area contributed by atoms with Gasteiger partial charge in [0, 0.05) is 56.0 Å². The molecule has 0 atom stereocenters. The second kappa shape index (κ2) is 10.9. The Hall–Kier alpha value is -1.73. The number of benzene rings is 2. The first-order valence-corrected chi connectivity index (χ1v) is 10.7. The first-order valence-electron chi connectivity index (χ1n) is 9.89. The number of nitrogens with zero attached hydrogens (tertiary/aromatic N) is 3. The van der Waals surface area contributed by atoms with E-state index >= 15 is 0 Å². The van der Waals surface area contributed by atoms with Gasteiger partial charge in [0.25, 0.3) is 5.24 Å². The van der Waals surface area contributed by atoms with Crippen molar-refractivity contribution in [1.82, 2.24) is 9.80 Å². The van der Waals surface area contributed by atoms with Crippen molar-refractivity contribution in [2.75, 3.05) is 51.3 Å². The molecular weight excluding hydrogens is 406 g/mol. The highest BCUT2D eigenvalue weighted by molar-refractivity contribution is 7.96. The van der Waals surface area contributed by atoms with Gasteiger partial charge in [-0.15, -0.1) is 0 Å². The zero-order valence-electron chi connectivity index (χ0n) is 16.8. The molecule has 1 aliphatic heterocycles. The maximum Gasteiger partial charge on any atom is 0.282 e. The van der Waals surface area contributed by atoms with Crippen molar-refractivity contribution in [2.24, 2.45) is 0 Å². The molecule has 0 saturated carbocycles. The number of methoxy groups -OCH3 is 1. The summed E-state index contributed by atoms with van der Waals surface area (Å²) >= 11 is 10.0. The first-order chi connectivity index (χ1) is 14.0. The average molecular weight is 434 g/mol. The number of carbonyl (C=O) groups is 1. The zero-order valence-corrected chi connectivity index (χ0v) is 18.4. The van der Waals surface area contributed by atoms with Crippen molar-refractivity contribution < 1.29 is 9.53 Å². The Bertz CT molecular complexity index is 795. The monoisotopic (exact) mass is 433 g/mol. The summed E-state index contributed by atoms with van der Waals surface area (Å²) in [5, 5.41) is 0.535. The fraction of sp³-hybridized carbons (Fsp3) is 0.409. The van der Waals surface area contributed by atoms with Gasteiger partial charge >= 0.3 is 0 Å². The second-order valence-electron chi connectivity index (χ2n) is 7.23. The van der Waals surface area contributed by atoms with Crippen LogP contribution in [-0.2, 0) is 6.54 Å². The highest BCUT2D eigenvalue weighted by Crippen LogP contribution is 2.22. The lowest BCUT2D eigenvalue weighted by molar-refractivity contribution is 0.126. The largest absolute Gasteiger partial charge is 0.497 e. The molecule has 0 N–H and O–H groups in total. The van der Waals surface area contributed by atoms with Crippen LogP contribution in [0.1, 0.15) is 12.0 Å². The van der Waals surface area contributed by atoms with Crippen LogP contribution in [0.25, 0.3) is 0 Å². The van der Waals surface area contributed by atoms with Crippen LogP contribution in [0.15, 0.2) is 48.5 Å². The van der Waals surface area contributed by atoms with Crippen molar-refractivity contribution in [3.05, 3.63) is 59.1 Å². The number of piperazine rings is 1. The van der Waals surface area contributed by atoms with Gasteiger partial charge in [0.1, 0.15) is 5.75 Å². The number of hydrogen-bond acceptors (Lipinski definition) is 4. The van der Waals surface area contributed by atoms with Gasteiger partial charge in [0.15, 0.2) is 0 Å². The van der Waals surface area contributed by atoms with E-state index in [2.05, 4.69) is 34.6 Å². The molecule has 156 valence electrons. The van der Waals surface area contributed by atoms with Crippen molar-refractivity contribution in [2.45, 2.75) is 13.0 Å². The van der Waals surface area contributed by atoms with E-state index in [0.29, 0.717) is 6.54 Å². The van der Waals surface area contributed by atoms with E-state index in [1.54, 1.807) is 12.0 Å². The minimum Gasteiger partial charge on any atom is -0.497 e. The van der Waals surface area contributed by atoms with E-state index in [9.17, 15) is 4.79 Å². The summed E-state index contributed by atoms with van der Waals surface area (Å²) in [6.07, 6.45) is 0.903. The predicted octanol–water partition coefficient (Wildman–Crippen LogP) is 4.41. The summed E-state index contributed by atoms with van der Waals surface area (Å²) in [6.45, 7) is 6.75. The normalized spacial score (nSPS) is 15.3. The molecule has 5 nitrogen and oxygen atoms in total. The maximum absolute atomic E-state index is 12.0. The SMILES string of the molecule is COc1cccc(N(CCCN2CCN(Cc3ccc(Cl)cc3)CC2)C(=O)S)c1. The quantitative estimate of drug-likeness (QED) is 0.625. The zero-order chi connectivity index (χ0) is 20.6. The van der Waals surface area contributed by atoms with E-state index in [1.165, 1.54) is 5.56 Å². The lowest BCUT2D eigenvalue weighted by Gasteiger charge is -2.35. The lowest BCUT2D eigenvalue weighted by atomic mass is 10.2. The molecule has 0 radical (unpaired) electrons. The Morgan fingerprint density at radius 1 is 1.10 bits per heavy atom. The van der Waals surface area contributed by atoms with E-state index in [1.807, 2.05) is 36.4 Å². The summed E-state index contributed by atoms with van der Waals surface area (Å²) in [7, 11) is 1.62. The van der Waals surface area contributed by atoms with Gasteiger partial charge in [0.2, 0.25) is 0 Å². The van der Waals surface area contributed by atoms with Crippen molar-refractivity contribution >= 4 is 35.2 Å². The fourth-order valence-corrected chi connectivity index (χ4v) is 3.93. The number of rotatable bonds is 8. The second-order valence-corrected chi connectivity index (χ2v) is 8.05. The van der Waals surface area contributed by atoms with E-state index in [0.717, 1.165) is 62.1 Å². The Kier molecular flexibility index (Phi) is 8.24. The number of ether oxygens (including phenoxy) is 1. The molecule has 2 aromatic rings. The average Bonchev–Trinajstić information content (AvgIpc) is 2.74. The third-order valence-electron chi connectivity index (χ3n) is 5.24. The van der Waals surface area contributed by atoms with Crippen LogP contribution in [0.5, 0.6) is 5.75 Å². The maximum atomic E-state index is 12.0. The van der Waals surface area contributed by atoms with Crippen LogP contribution in [0.2, 0.25) is 5.02 Å². The third kappa shape index (κ3) is 6.64. The molecule has 0 spiro atoms. The van der Waals surface area contributed by atoms with Gasteiger partial charge in [-0.25, -0.2) is 0 Å². The minimum atomic E-state index is -0.244. The number of halogens is 1.